The summed E-state index contributed by atoms with van der Waals surface area (Å²) in [7, 11) is 0. The molecule has 0 saturated carbocycles. The van der Waals surface area contributed by atoms with E-state index in [9.17, 15) is 19.5 Å². The minimum Gasteiger partial charge on any atom is -0.461 e. The molecule has 8 heteroatoms. The van der Waals surface area contributed by atoms with Crippen LogP contribution in [0, 0.1) is 17.8 Å². The summed E-state index contributed by atoms with van der Waals surface area (Å²) in [4.78, 5) is 45.1. The van der Waals surface area contributed by atoms with Gasteiger partial charge in [-0.3, -0.25) is 14.4 Å². The van der Waals surface area contributed by atoms with Gasteiger partial charge in [-0.05, 0) is 32.1 Å². The Kier molecular flexibility index (Phi) is 9.13. The maximum Gasteiger partial charge on any atom is 0.311 e. The maximum atomic E-state index is 14.4. The van der Waals surface area contributed by atoms with Crippen molar-refractivity contribution in [3.63, 3.8) is 0 Å². The van der Waals surface area contributed by atoms with E-state index >= 15 is 0 Å². The van der Waals surface area contributed by atoms with E-state index in [4.69, 9.17) is 4.74 Å². The van der Waals surface area contributed by atoms with E-state index in [0.29, 0.717) is 13.0 Å². The highest BCUT2D eigenvalue weighted by Crippen LogP contribution is 2.67. The lowest BCUT2D eigenvalue weighted by Gasteiger charge is -2.42. The first kappa shape index (κ1) is 27.8. The van der Waals surface area contributed by atoms with E-state index in [1.807, 2.05) is 25.7 Å². The number of nitrogens with zero attached hydrogens (tertiary/aromatic N) is 2. The molecule has 196 valence electrons. The summed E-state index contributed by atoms with van der Waals surface area (Å²) in [6, 6.07) is -1.22. The lowest BCUT2D eigenvalue weighted by molar-refractivity contribution is -0.154. The first-order chi connectivity index (χ1) is 16.7. The van der Waals surface area contributed by atoms with Gasteiger partial charge >= 0.3 is 5.97 Å². The minimum atomic E-state index is -0.724. The second-order valence-electron chi connectivity index (χ2n) is 10.3. The van der Waals surface area contributed by atoms with Crippen LogP contribution in [0.5, 0.6) is 0 Å². The van der Waals surface area contributed by atoms with Crippen molar-refractivity contribution >= 4 is 29.5 Å². The molecule has 1 spiro atoms. The molecular weight excluding hydrogens is 464 g/mol. The van der Waals surface area contributed by atoms with Gasteiger partial charge in [0.25, 0.3) is 0 Å². The third-order valence-electron chi connectivity index (χ3n) is 8.28. The monoisotopic (exact) mass is 506 g/mol. The lowest BCUT2D eigenvalue weighted by Crippen LogP contribution is -2.59. The molecule has 3 aliphatic rings. The van der Waals surface area contributed by atoms with Gasteiger partial charge < -0.3 is 19.6 Å². The number of esters is 1. The van der Waals surface area contributed by atoms with Crippen molar-refractivity contribution in [2.24, 2.45) is 17.8 Å². The number of rotatable bonds is 13. The SMILES string of the molecule is C=CCOC(=O)[C@@H]1[C@H]2C(=O)N([C@@H](CO)[C@@H](C)CC)C(C(=O)N(CC=C)C(C)CCC)C23CC[C@H]1S3. The number of aliphatic hydroxyl groups excluding tert-OH is 1. The van der Waals surface area contributed by atoms with Crippen LogP contribution >= 0.6 is 11.8 Å². The Morgan fingerprint density at radius 2 is 2.03 bits per heavy atom. The molecule has 1 N–H and O–H groups in total. The maximum absolute atomic E-state index is 14.4. The van der Waals surface area contributed by atoms with Gasteiger partial charge in [0.1, 0.15) is 12.6 Å². The normalized spacial score (nSPS) is 31.6. The Balaban J connectivity index is 2.10. The summed E-state index contributed by atoms with van der Waals surface area (Å²) in [6.07, 6.45) is 7.25. The van der Waals surface area contributed by atoms with E-state index in [-0.39, 0.29) is 48.2 Å². The molecule has 3 heterocycles. The molecule has 0 radical (unpaired) electrons. The quantitative estimate of drug-likeness (QED) is 0.304. The Morgan fingerprint density at radius 3 is 2.60 bits per heavy atom. The highest BCUT2D eigenvalue weighted by Gasteiger charge is 2.75. The summed E-state index contributed by atoms with van der Waals surface area (Å²) in [5, 5.41) is 10.4. The third-order valence-corrected chi connectivity index (χ3v) is 10.2. The van der Waals surface area contributed by atoms with Gasteiger partial charge in [0.15, 0.2) is 0 Å². The van der Waals surface area contributed by atoms with Gasteiger partial charge in [0, 0.05) is 17.8 Å². The van der Waals surface area contributed by atoms with Crippen molar-refractivity contribution in [1.29, 1.82) is 0 Å². The number of likely N-dealkylation sites (tertiary alicyclic amines) is 1. The van der Waals surface area contributed by atoms with Crippen LogP contribution in [0.25, 0.3) is 0 Å². The zero-order valence-corrected chi connectivity index (χ0v) is 22.5. The predicted molar refractivity (Wildman–Crippen MR) is 139 cm³/mol. The Labute approximate surface area is 214 Å². The van der Waals surface area contributed by atoms with Crippen molar-refractivity contribution in [1.82, 2.24) is 9.80 Å². The molecule has 3 aliphatic heterocycles. The summed E-state index contributed by atoms with van der Waals surface area (Å²) >= 11 is 1.63. The standard InChI is InChI=1S/C27H42N2O5S/c1-7-11-18(6)28(14-8-2)25(32)23-27-13-12-20(35-27)21(26(33)34-15-9-3)22(27)24(31)29(23)19(16-30)17(5)10-4/h8-9,17-23,30H,2-3,7,10-16H2,1,4-6H3/t17-,18?,19-,20+,21-,22-,23?,27?/m0/s1. The van der Waals surface area contributed by atoms with Gasteiger partial charge in [-0.15, -0.1) is 18.3 Å². The number of hydrogen-bond donors (Lipinski definition) is 1. The molecule has 0 aromatic rings. The lowest BCUT2D eigenvalue weighted by atomic mass is 9.71. The first-order valence-electron chi connectivity index (χ1n) is 13.0. The fraction of sp³-hybridized carbons (Fsp3) is 0.741. The molecule has 0 aromatic carbocycles. The summed E-state index contributed by atoms with van der Waals surface area (Å²) in [5.41, 5.74) is 0. The van der Waals surface area contributed by atoms with E-state index in [1.165, 1.54) is 6.08 Å². The number of fused-ring (bicyclic) bond motifs is 1. The van der Waals surface area contributed by atoms with Crippen LogP contribution in [0.2, 0.25) is 0 Å². The molecule has 3 saturated heterocycles. The van der Waals surface area contributed by atoms with Crippen molar-refractivity contribution in [3.05, 3.63) is 25.3 Å². The highest BCUT2D eigenvalue weighted by atomic mass is 32.2. The van der Waals surface area contributed by atoms with Gasteiger partial charge in [-0.25, -0.2) is 0 Å². The molecule has 3 rings (SSSR count). The third kappa shape index (κ3) is 4.68. The van der Waals surface area contributed by atoms with E-state index in [1.54, 1.807) is 22.7 Å². The number of carbonyl (C=O) groups is 3. The van der Waals surface area contributed by atoms with Crippen molar-refractivity contribution < 1.29 is 24.2 Å². The Hall–Kier alpha value is -1.80. The average molecular weight is 507 g/mol. The topological polar surface area (TPSA) is 87.1 Å². The van der Waals surface area contributed by atoms with Crippen LogP contribution in [0.1, 0.15) is 59.8 Å². The molecule has 0 aliphatic carbocycles. The van der Waals surface area contributed by atoms with Crippen LogP contribution < -0.4 is 0 Å². The summed E-state index contributed by atoms with van der Waals surface area (Å²) in [5.74, 6) is -1.89. The summed E-state index contributed by atoms with van der Waals surface area (Å²) < 4.78 is 4.73. The zero-order valence-electron chi connectivity index (χ0n) is 21.7. The van der Waals surface area contributed by atoms with E-state index in [2.05, 4.69) is 20.1 Å². The van der Waals surface area contributed by atoms with Crippen LogP contribution in [0.4, 0.5) is 0 Å². The smallest absolute Gasteiger partial charge is 0.311 e. The Bertz CT molecular complexity index is 834. The van der Waals surface area contributed by atoms with Crippen molar-refractivity contribution in [3.8, 4) is 0 Å². The fourth-order valence-electron chi connectivity index (χ4n) is 6.40. The zero-order chi connectivity index (χ0) is 25.9. The largest absolute Gasteiger partial charge is 0.461 e. The molecule has 0 aromatic heterocycles. The number of aliphatic hydroxyl groups is 1. The van der Waals surface area contributed by atoms with Crippen molar-refractivity contribution in [2.75, 3.05) is 19.8 Å². The second-order valence-corrected chi connectivity index (χ2v) is 11.9. The average Bonchev–Trinajstić information content (AvgIpc) is 3.48. The molecule has 3 unspecified atom stereocenters. The highest BCUT2D eigenvalue weighted by molar-refractivity contribution is 8.02. The van der Waals surface area contributed by atoms with Crippen LogP contribution in [0.15, 0.2) is 25.3 Å². The van der Waals surface area contributed by atoms with E-state index < -0.39 is 28.7 Å². The van der Waals surface area contributed by atoms with Gasteiger partial charge in [-0.2, -0.15) is 0 Å². The number of thioether (sulfide) groups is 1. The van der Waals surface area contributed by atoms with Gasteiger partial charge in [0.05, 0.1) is 29.2 Å². The second kappa shape index (κ2) is 11.5. The summed E-state index contributed by atoms with van der Waals surface area (Å²) in [6.45, 7) is 15.9. The molecule has 2 amide bonds. The molecule has 3 fully saturated rings. The van der Waals surface area contributed by atoms with Crippen LogP contribution in [-0.4, -0.2) is 80.6 Å². The van der Waals surface area contributed by atoms with E-state index in [0.717, 1.165) is 25.7 Å². The van der Waals surface area contributed by atoms with Gasteiger partial charge in [-0.1, -0.05) is 52.3 Å². The fourth-order valence-corrected chi connectivity index (χ4v) is 8.59. The molecule has 7 nitrogen and oxygen atoms in total. The number of ether oxygens (including phenoxy) is 1. The molecule has 2 bridgehead atoms. The first-order valence-corrected chi connectivity index (χ1v) is 13.9. The number of amides is 2. The number of hydrogen-bond acceptors (Lipinski definition) is 6. The Morgan fingerprint density at radius 1 is 1.31 bits per heavy atom. The minimum absolute atomic E-state index is 0.00348. The number of carbonyl (C=O) groups excluding carboxylic acids is 3. The van der Waals surface area contributed by atoms with Crippen molar-refractivity contribution in [2.45, 2.75) is 87.9 Å². The van der Waals surface area contributed by atoms with Crippen LogP contribution in [-0.2, 0) is 19.1 Å². The predicted octanol–water partition coefficient (Wildman–Crippen LogP) is 3.42. The molecular formula is C27H42N2O5S. The molecule has 8 atom stereocenters. The van der Waals surface area contributed by atoms with Crippen LogP contribution in [0.3, 0.4) is 0 Å². The van der Waals surface area contributed by atoms with Gasteiger partial charge in [0.2, 0.25) is 11.8 Å². The molecule has 35 heavy (non-hydrogen) atoms.